The van der Waals surface area contributed by atoms with Gasteiger partial charge >= 0.3 is 0 Å². The van der Waals surface area contributed by atoms with E-state index in [-0.39, 0.29) is 12.0 Å². The molecule has 5 rings (SSSR count). The molecular formula is C29H23NO3. The molecule has 0 saturated carbocycles. The van der Waals surface area contributed by atoms with Gasteiger partial charge in [-0.05, 0) is 47.0 Å². The van der Waals surface area contributed by atoms with Crippen LogP contribution in [-0.4, -0.2) is 13.0 Å². The van der Waals surface area contributed by atoms with Crippen molar-refractivity contribution in [3.63, 3.8) is 0 Å². The molecule has 1 atom stereocenters. The molecule has 0 aromatic heterocycles. The van der Waals surface area contributed by atoms with Gasteiger partial charge in [-0.15, -0.1) is 0 Å². The number of ether oxygens (including phenoxy) is 2. The number of carbonyl (C=O) groups is 1. The van der Waals surface area contributed by atoms with E-state index in [1.54, 1.807) is 7.11 Å². The number of fused-ring (bicyclic) bond motifs is 1. The van der Waals surface area contributed by atoms with Crippen LogP contribution >= 0.6 is 0 Å². The van der Waals surface area contributed by atoms with Crippen molar-refractivity contribution in [1.82, 2.24) is 0 Å². The molecular weight excluding hydrogens is 410 g/mol. The van der Waals surface area contributed by atoms with Crippen LogP contribution < -0.4 is 14.8 Å². The predicted octanol–water partition coefficient (Wildman–Crippen LogP) is 6.76. The first-order valence-corrected chi connectivity index (χ1v) is 10.8. The molecule has 4 heteroatoms. The first-order valence-electron chi connectivity index (χ1n) is 10.8. The van der Waals surface area contributed by atoms with Crippen molar-refractivity contribution in [2.45, 2.75) is 6.10 Å². The third-order valence-corrected chi connectivity index (χ3v) is 5.67. The molecule has 4 nitrogen and oxygen atoms in total. The van der Waals surface area contributed by atoms with Crippen LogP contribution in [0.2, 0.25) is 0 Å². The van der Waals surface area contributed by atoms with E-state index < -0.39 is 0 Å². The first kappa shape index (κ1) is 20.6. The Labute approximate surface area is 193 Å². The van der Waals surface area contributed by atoms with Gasteiger partial charge in [0.1, 0.15) is 17.6 Å². The molecule has 4 aromatic rings. The van der Waals surface area contributed by atoms with Crippen LogP contribution in [0.25, 0.3) is 17.2 Å². The second-order valence-electron chi connectivity index (χ2n) is 7.76. The number of hydrogen-bond acceptors (Lipinski definition) is 3. The lowest BCUT2D eigenvalue weighted by atomic mass is 9.93. The minimum atomic E-state index is -0.266. The molecule has 33 heavy (non-hydrogen) atoms. The van der Waals surface area contributed by atoms with Crippen LogP contribution in [-0.2, 0) is 0 Å². The Morgan fingerprint density at radius 3 is 2.24 bits per heavy atom. The molecule has 0 spiro atoms. The highest BCUT2D eigenvalue weighted by Crippen LogP contribution is 2.40. The van der Waals surface area contributed by atoms with Crippen molar-refractivity contribution in [3.05, 3.63) is 120 Å². The minimum absolute atomic E-state index is 0.224. The van der Waals surface area contributed by atoms with E-state index in [0.717, 1.165) is 28.0 Å². The highest BCUT2D eigenvalue weighted by Gasteiger charge is 2.26. The smallest absolute Gasteiger partial charge is 0.260 e. The zero-order valence-corrected chi connectivity index (χ0v) is 18.2. The lowest BCUT2D eigenvalue weighted by Crippen LogP contribution is -2.18. The number of rotatable bonds is 5. The van der Waals surface area contributed by atoms with E-state index in [4.69, 9.17) is 9.47 Å². The van der Waals surface area contributed by atoms with Crippen molar-refractivity contribution in [3.8, 4) is 22.6 Å². The van der Waals surface area contributed by atoms with Gasteiger partial charge in [-0.2, -0.15) is 0 Å². The monoisotopic (exact) mass is 433 g/mol. The Hall–Kier alpha value is -4.31. The number of amides is 1. The van der Waals surface area contributed by atoms with Gasteiger partial charge in [0.25, 0.3) is 5.91 Å². The van der Waals surface area contributed by atoms with Gasteiger partial charge in [-0.3, -0.25) is 4.79 Å². The molecule has 1 amide bonds. The van der Waals surface area contributed by atoms with Gasteiger partial charge in [0.2, 0.25) is 0 Å². The average molecular weight is 434 g/mol. The third kappa shape index (κ3) is 4.23. The second kappa shape index (κ2) is 9.05. The highest BCUT2D eigenvalue weighted by molar-refractivity contribution is 6.11. The fourth-order valence-corrected chi connectivity index (χ4v) is 3.99. The number of benzene rings is 4. The SMILES string of the molecule is COc1ccc(NC(=O)c2c(-c3ccccc3)ccc3c2OC(c2ccccc2)C=C3)cc1. The van der Waals surface area contributed by atoms with Crippen LogP contribution in [0.3, 0.4) is 0 Å². The number of methoxy groups -OCH3 is 1. The van der Waals surface area contributed by atoms with Crippen LogP contribution in [0.4, 0.5) is 5.69 Å². The summed E-state index contributed by atoms with van der Waals surface area (Å²) in [4.78, 5) is 13.6. The van der Waals surface area contributed by atoms with E-state index >= 15 is 0 Å². The Bertz CT molecular complexity index is 1300. The van der Waals surface area contributed by atoms with E-state index in [1.165, 1.54) is 0 Å². The molecule has 0 fully saturated rings. The van der Waals surface area contributed by atoms with Crippen molar-refractivity contribution >= 4 is 17.7 Å². The fourth-order valence-electron chi connectivity index (χ4n) is 3.99. The quantitative estimate of drug-likeness (QED) is 0.378. The average Bonchev–Trinajstić information content (AvgIpc) is 2.89. The zero-order chi connectivity index (χ0) is 22.6. The Morgan fingerprint density at radius 2 is 1.55 bits per heavy atom. The van der Waals surface area contributed by atoms with Crippen LogP contribution in [0.1, 0.15) is 27.6 Å². The molecule has 0 bridgehead atoms. The summed E-state index contributed by atoms with van der Waals surface area (Å²) < 4.78 is 11.7. The summed E-state index contributed by atoms with van der Waals surface area (Å²) in [6, 6.07) is 31.2. The largest absolute Gasteiger partial charge is 0.497 e. The predicted molar refractivity (Wildman–Crippen MR) is 132 cm³/mol. The van der Waals surface area contributed by atoms with Gasteiger partial charge in [-0.25, -0.2) is 0 Å². The summed E-state index contributed by atoms with van der Waals surface area (Å²) in [5.74, 6) is 1.09. The maximum atomic E-state index is 13.6. The molecule has 1 heterocycles. The maximum Gasteiger partial charge on any atom is 0.260 e. The molecule has 1 unspecified atom stereocenters. The molecule has 1 aliphatic heterocycles. The number of nitrogens with one attached hydrogen (secondary N) is 1. The molecule has 1 aliphatic rings. The minimum Gasteiger partial charge on any atom is -0.497 e. The summed E-state index contributed by atoms with van der Waals surface area (Å²) >= 11 is 0. The van der Waals surface area contributed by atoms with Gasteiger partial charge < -0.3 is 14.8 Å². The normalized spacial score (nSPS) is 14.2. The van der Waals surface area contributed by atoms with Crippen molar-refractivity contribution in [1.29, 1.82) is 0 Å². The van der Waals surface area contributed by atoms with E-state index in [0.29, 0.717) is 17.0 Å². The lowest BCUT2D eigenvalue weighted by Gasteiger charge is -2.25. The third-order valence-electron chi connectivity index (χ3n) is 5.67. The first-order chi connectivity index (χ1) is 16.2. The summed E-state index contributed by atoms with van der Waals surface area (Å²) in [7, 11) is 1.62. The summed E-state index contributed by atoms with van der Waals surface area (Å²) in [5.41, 5.74) is 4.88. The van der Waals surface area contributed by atoms with Gasteiger partial charge in [0, 0.05) is 11.3 Å². The second-order valence-corrected chi connectivity index (χ2v) is 7.76. The van der Waals surface area contributed by atoms with E-state index in [1.807, 2.05) is 109 Å². The topological polar surface area (TPSA) is 47.6 Å². The van der Waals surface area contributed by atoms with Gasteiger partial charge in [-0.1, -0.05) is 78.9 Å². The molecule has 0 aliphatic carbocycles. The summed E-state index contributed by atoms with van der Waals surface area (Å²) in [6.45, 7) is 0. The van der Waals surface area contributed by atoms with Crippen LogP contribution in [0.5, 0.6) is 11.5 Å². The van der Waals surface area contributed by atoms with Crippen molar-refractivity contribution in [2.75, 3.05) is 12.4 Å². The molecule has 0 radical (unpaired) electrons. The maximum absolute atomic E-state index is 13.6. The number of anilines is 1. The summed E-state index contributed by atoms with van der Waals surface area (Å²) in [5, 5.41) is 3.03. The van der Waals surface area contributed by atoms with Crippen LogP contribution in [0, 0.1) is 0 Å². The van der Waals surface area contributed by atoms with Crippen molar-refractivity contribution in [2.24, 2.45) is 0 Å². The van der Waals surface area contributed by atoms with Gasteiger partial charge in [0.15, 0.2) is 0 Å². The van der Waals surface area contributed by atoms with Crippen LogP contribution in [0.15, 0.2) is 103 Å². The summed E-state index contributed by atoms with van der Waals surface area (Å²) in [6.07, 6.45) is 3.78. The molecule has 1 N–H and O–H groups in total. The van der Waals surface area contributed by atoms with Crippen molar-refractivity contribution < 1.29 is 14.3 Å². The zero-order valence-electron chi connectivity index (χ0n) is 18.2. The van der Waals surface area contributed by atoms with Gasteiger partial charge in [0.05, 0.1) is 12.7 Å². The lowest BCUT2D eigenvalue weighted by molar-refractivity contribution is 0.102. The Balaban J connectivity index is 1.58. The highest BCUT2D eigenvalue weighted by atomic mass is 16.5. The van der Waals surface area contributed by atoms with E-state index in [2.05, 4.69) is 5.32 Å². The molecule has 0 saturated heterocycles. The number of carbonyl (C=O) groups excluding carboxylic acids is 1. The van der Waals surface area contributed by atoms with E-state index in [9.17, 15) is 4.79 Å². The Kier molecular flexibility index (Phi) is 5.64. The Morgan fingerprint density at radius 1 is 0.848 bits per heavy atom. The molecule has 162 valence electrons. The number of hydrogen-bond donors (Lipinski definition) is 1. The molecule has 4 aromatic carbocycles. The fraction of sp³-hybridized carbons (Fsp3) is 0.0690. The standard InChI is InChI=1S/C29H23NO3/c1-32-24-16-14-23(15-17-24)30-29(31)27-25(20-8-4-2-5-9-20)18-12-22-13-19-26(33-28(22)27)21-10-6-3-7-11-21/h2-19,26H,1H3,(H,30,31).